The molecule has 138 valence electrons. The monoisotopic (exact) mass is 380 g/mol. The fraction of sp³-hybridized carbons (Fsp3) is 0.412. The van der Waals surface area contributed by atoms with Crippen LogP contribution in [0, 0.1) is 11.6 Å². The summed E-state index contributed by atoms with van der Waals surface area (Å²) in [5.74, 6) is -0.603. The van der Waals surface area contributed by atoms with Gasteiger partial charge in [-0.3, -0.25) is 0 Å². The zero-order valence-electron chi connectivity index (χ0n) is 14.1. The molecule has 0 atom stereocenters. The molecule has 1 saturated carbocycles. The van der Waals surface area contributed by atoms with Gasteiger partial charge in [0.25, 0.3) is 0 Å². The van der Waals surface area contributed by atoms with Gasteiger partial charge in [0.05, 0.1) is 16.6 Å². The highest BCUT2D eigenvalue weighted by Gasteiger charge is 2.37. The van der Waals surface area contributed by atoms with Gasteiger partial charge in [-0.25, -0.2) is 17.2 Å². The Labute approximate surface area is 150 Å². The fourth-order valence-electron chi connectivity index (χ4n) is 3.01. The number of nitrogens with zero attached hydrogens (tertiary/aromatic N) is 4. The Morgan fingerprint density at radius 3 is 2.27 bits per heavy atom. The average molecular weight is 380 g/mol. The van der Waals surface area contributed by atoms with Gasteiger partial charge in [0, 0.05) is 32.1 Å². The third-order valence-corrected chi connectivity index (χ3v) is 6.77. The van der Waals surface area contributed by atoms with E-state index in [0.717, 1.165) is 35.0 Å². The summed E-state index contributed by atoms with van der Waals surface area (Å²) in [6.45, 7) is 0.899. The largest absolute Gasteiger partial charge is 0.352 e. The molecule has 0 radical (unpaired) electrons. The first-order valence-electron chi connectivity index (χ1n) is 8.37. The maximum atomic E-state index is 13.3. The first-order chi connectivity index (χ1) is 12.3. The van der Waals surface area contributed by atoms with Crippen molar-refractivity contribution < 1.29 is 17.2 Å². The molecule has 0 amide bonds. The number of rotatable bonds is 5. The van der Waals surface area contributed by atoms with Gasteiger partial charge in [-0.15, -0.1) is 5.10 Å². The van der Waals surface area contributed by atoms with Gasteiger partial charge in [-0.1, -0.05) is 0 Å². The molecule has 1 saturated heterocycles. The van der Waals surface area contributed by atoms with Gasteiger partial charge in [-0.05, 0) is 37.1 Å². The first kappa shape index (κ1) is 17.3. The second-order valence-corrected chi connectivity index (χ2v) is 8.77. The summed E-state index contributed by atoms with van der Waals surface area (Å²) < 4.78 is 53.0. The van der Waals surface area contributed by atoms with Gasteiger partial charge in [-0.2, -0.15) is 9.40 Å². The molecule has 6 nitrogen and oxygen atoms in total. The van der Waals surface area contributed by atoms with E-state index in [9.17, 15) is 17.2 Å². The molecule has 0 spiro atoms. The van der Waals surface area contributed by atoms with Crippen LogP contribution in [-0.2, 0) is 10.0 Å². The fourth-order valence-corrected chi connectivity index (χ4v) is 4.39. The third kappa shape index (κ3) is 3.16. The number of hydrogen-bond donors (Lipinski definition) is 0. The summed E-state index contributed by atoms with van der Waals surface area (Å²) in [6.07, 6.45) is 2.31. The Kier molecular flexibility index (Phi) is 4.15. The van der Waals surface area contributed by atoms with E-state index in [2.05, 4.69) is 10.2 Å². The van der Waals surface area contributed by atoms with Crippen LogP contribution in [0.2, 0.25) is 0 Å². The van der Waals surface area contributed by atoms with E-state index < -0.39 is 21.7 Å². The predicted molar refractivity (Wildman–Crippen MR) is 91.3 cm³/mol. The molecule has 1 aromatic heterocycles. The second-order valence-electron chi connectivity index (χ2n) is 6.78. The topological polar surface area (TPSA) is 66.4 Å². The second kappa shape index (κ2) is 6.24. The SMILES string of the molecule is CN(C1CN(c2ccc(C3CC3)nn2)C1)S(=O)(=O)c1cc(F)cc(F)c1. The lowest BCUT2D eigenvalue weighted by atomic mass is 10.1. The summed E-state index contributed by atoms with van der Waals surface area (Å²) in [5, 5.41) is 8.43. The number of benzene rings is 1. The Morgan fingerprint density at radius 2 is 1.73 bits per heavy atom. The number of likely N-dealkylation sites (N-methyl/N-ethyl adjacent to an activating group) is 1. The van der Waals surface area contributed by atoms with Crippen LogP contribution in [0.4, 0.5) is 14.6 Å². The van der Waals surface area contributed by atoms with Crippen molar-refractivity contribution in [1.82, 2.24) is 14.5 Å². The molecule has 2 aromatic rings. The van der Waals surface area contributed by atoms with Crippen LogP contribution in [0.3, 0.4) is 0 Å². The van der Waals surface area contributed by atoms with E-state index in [1.54, 1.807) is 0 Å². The molecule has 1 aliphatic heterocycles. The van der Waals surface area contributed by atoms with Gasteiger partial charge >= 0.3 is 0 Å². The minimum atomic E-state index is -3.97. The maximum Gasteiger partial charge on any atom is 0.243 e. The number of halogens is 2. The minimum absolute atomic E-state index is 0.295. The van der Waals surface area contributed by atoms with Crippen LogP contribution in [0.1, 0.15) is 24.5 Å². The van der Waals surface area contributed by atoms with E-state index in [1.165, 1.54) is 7.05 Å². The molecule has 1 aromatic carbocycles. The smallest absolute Gasteiger partial charge is 0.243 e. The van der Waals surface area contributed by atoms with Crippen molar-refractivity contribution in [2.75, 3.05) is 25.0 Å². The van der Waals surface area contributed by atoms with Gasteiger partial charge in [0.2, 0.25) is 10.0 Å². The Bertz CT molecular complexity index is 906. The highest BCUT2D eigenvalue weighted by Crippen LogP contribution is 2.39. The number of anilines is 1. The Morgan fingerprint density at radius 1 is 1.08 bits per heavy atom. The Balaban J connectivity index is 1.44. The lowest BCUT2D eigenvalue weighted by Gasteiger charge is -2.43. The van der Waals surface area contributed by atoms with Crippen LogP contribution in [0.5, 0.6) is 0 Å². The van der Waals surface area contributed by atoms with Crippen molar-refractivity contribution >= 4 is 15.8 Å². The summed E-state index contributed by atoms with van der Waals surface area (Å²) in [6, 6.07) is 5.86. The van der Waals surface area contributed by atoms with Crippen LogP contribution in [0.25, 0.3) is 0 Å². The van der Waals surface area contributed by atoms with Crippen LogP contribution in [0.15, 0.2) is 35.2 Å². The average Bonchev–Trinajstić information content (AvgIpc) is 3.38. The Hall–Kier alpha value is -2.13. The molecular formula is C17H18F2N4O2S. The van der Waals surface area contributed by atoms with Crippen molar-refractivity contribution in [3.63, 3.8) is 0 Å². The molecule has 0 N–H and O–H groups in total. The molecule has 4 rings (SSSR count). The standard InChI is InChI=1S/C17H18F2N4O2S/c1-22(26(24,25)15-7-12(18)6-13(19)8-15)14-9-23(10-14)17-5-4-16(20-21-17)11-2-3-11/h4-8,11,14H,2-3,9-10H2,1H3. The maximum absolute atomic E-state index is 13.3. The van der Waals surface area contributed by atoms with Gasteiger partial charge in [0.15, 0.2) is 5.82 Å². The molecule has 0 unspecified atom stereocenters. The van der Waals surface area contributed by atoms with Crippen molar-refractivity contribution in [2.24, 2.45) is 0 Å². The van der Waals surface area contributed by atoms with E-state index in [0.29, 0.717) is 30.9 Å². The summed E-state index contributed by atoms with van der Waals surface area (Å²) in [7, 11) is -2.55. The van der Waals surface area contributed by atoms with Crippen molar-refractivity contribution in [3.05, 3.63) is 47.7 Å². The molecular weight excluding hydrogens is 362 g/mol. The summed E-state index contributed by atoms with van der Waals surface area (Å²) in [4.78, 5) is 1.54. The van der Waals surface area contributed by atoms with Crippen molar-refractivity contribution in [1.29, 1.82) is 0 Å². The molecule has 9 heteroatoms. The minimum Gasteiger partial charge on any atom is -0.352 e. The summed E-state index contributed by atoms with van der Waals surface area (Å²) >= 11 is 0. The van der Waals surface area contributed by atoms with Crippen LogP contribution < -0.4 is 4.90 Å². The van der Waals surface area contributed by atoms with E-state index >= 15 is 0 Å². The molecule has 26 heavy (non-hydrogen) atoms. The van der Waals surface area contributed by atoms with Crippen molar-refractivity contribution in [3.8, 4) is 0 Å². The first-order valence-corrected chi connectivity index (χ1v) is 9.81. The number of hydrogen-bond acceptors (Lipinski definition) is 5. The molecule has 2 fully saturated rings. The zero-order valence-corrected chi connectivity index (χ0v) is 15.0. The highest BCUT2D eigenvalue weighted by atomic mass is 32.2. The van der Waals surface area contributed by atoms with Gasteiger partial charge in [0.1, 0.15) is 11.6 Å². The van der Waals surface area contributed by atoms with Gasteiger partial charge < -0.3 is 4.90 Å². The molecule has 0 bridgehead atoms. The van der Waals surface area contributed by atoms with E-state index in [1.807, 2.05) is 17.0 Å². The van der Waals surface area contributed by atoms with Crippen LogP contribution >= 0.6 is 0 Å². The van der Waals surface area contributed by atoms with Crippen molar-refractivity contribution in [2.45, 2.75) is 29.7 Å². The van der Waals surface area contributed by atoms with Crippen LogP contribution in [-0.4, -0.2) is 49.1 Å². The predicted octanol–water partition coefficient (Wildman–Crippen LogP) is 2.14. The zero-order chi connectivity index (χ0) is 18.5. The number of aromatic nitrogens is 2. The molecule has 1 aliphatic carbocycles. The summed E-state index contributed by atoms with van der Waals surface area (Å²) in [5.41, 5.74) is 0.999. The quantitative estimate of drug-likeness (QED) is 0.795. The third-order valence-electron chi connectivity index (χ3n) is 4.88. The molecule has 2 aliphatic rings. The van der Waals surface area contributed by atoms with E-state index in [-0.39, 0.29) is 10.9 Å². The lowest BCUT2D eigenvalue weighted by molar-refractivity contribution is 0.308. The lowest BCUT2D eigenvalue weighted by Crippen LogP contribution is -2.60. The van der Waals surface area contributed by atoms with E-state index in [4.69, 9.17) is 0 Å². The normalized spacial score (nSPS) is 18.2. The highest BCUT2D eigenvalue weighted by molar-refractivity contribution is 7.89. The number of sulfonamides is 1. The molecule has 2 heterocycles.